The van der Waals surface area contributed by atoms with E-state index in [1.165, 1.54) is 106 Å². The number of nitrogens with one attached hydrogen (secondary N) is 1. The first-order chi connectivity index (χ1) is 20.4. The van der Waals surface area contributed by atoms with Crippen LogP contribution in [-0.4, -0.2) is 46.4 Å². The second kappa shape index (κ2) is 18.6. The molecule has 8 heteroatoms. The third-order valence-corrected chi connectivity index (χ3v) is 8.81. The topological polar surface area (TPSA) is 107 Å². The van der Waals surface area contributed by atoms with Gasteiger partial charge in [-0.15, -0.1) is 0 Å². The highest BCUT2D eigenvalue weighted by Crippen LogP contribution is 2.34. The minimum Gasteiger partial charge on any atom is -0.465 e. The number of rotatable bonds is 21. The zero-order valence-electron chi connectivity index (χ0n) is 25.8. The van der Waals surface area contributed by atoms with Crippen LogP contribution in [0.2, 0.25) is 0 Å². The fourth-order valence-electron chi connectivity index (χ4n) is 6.31. The lowest BCUT2D eigenvalue weighted by Gasteiger charge is -2.29. The molecule has 3 rings (SSSR count). The lowest BCUT2D eigenvalue weighted by atomic mass is 10.0. The van der Waals surface area contributed by atoms with Gasteiger partial charge in [-0.3, -0.25) is 24.6 Å². The Kier molecular flexibility index (Phi) is 14.9. The molecule has 1 atom stereocenters. The molecule has 0 spiro atoms. The monoisotopic (exact) mass is 583 g/mol. The molecule has 0 bridgehead atoms. The fraction of sp³-hybridized carbons (Fsp3) is 0.706. The number of hydrogen-bond acceptors (Lipinski definition) is 4. The Morgan fingerprint density at radius 3 is 1.86 bits per heavy atom. The minimum absolute atomic E-state index is 0.166. The van der Waals surface area contributed by atoms with E-state index in [0.29, 0.717) is 23.4 Å². The van der Waals surface area contributed by atoms with Crippen LogP contribution in [0.15, 0.2) is 18.2 Å². The lowest BCUT2D eigenvalue weighted by molar-refractivity contribution is -0.136. The normalized spacial score (nSPS) is 16.5. The molecule has 0 radical (unpaired) electrons. The van der Waals surface area contributed by atoms with Crippen LogP contribution in [-0.2, 0) is 16.1 Å². The number of carbonyl (C=O) groups is 4. The van der Waals surface area contributed by atoms with E-state index in [2.05, 4.69) is 12.2 Å². The molecule has 1 fully saturated rings. The Labute approximate surface area is 252 Å². The maximum atomic E-state index is 13.1. The average molecular weight is 584 g/mol. The molecule has 1 unspecified atom stereocenters. The molecule has 4 amide bonds. The maximum Gasteiger partial charge on any atom is 0.411 e. The van der Waals surface area contributed by atoms with E-state index >= 15 is 0 Å². The summed E-state index contributed by atoms with van der Waals surface area (Å²) in [6.45, 7) is 2.81. The highest BCUT2D eigenvalue weighted by molar-refractivity contribution is 6.06. The molecule has 42 heavy (non-hydrogen) atoms. The smallest absolute Gasteiger partial charge is 0.411 e. The Bertz CT molecular complexity index is 1030. The fourth-order valence-corrected chi connectivity index (χ4v) is 6.31. The molecule has 0 aliphatic carbocycles. The third kappa shape index (κ3) is 10.4. The summed E-state index contributed by atoms with van der Waals surface area (Å²) >= 11 is 0. The van der Waals surface area contributed by atoms with Crippen LogP contribution in [0, 0.1) is 0 Å². The molecular weight excluding hydrogens is 530 g/mol. The Morgan fingerprint density at radius 2 is 1.36 bits per heavy atom. The van der Waals surface area contributed by atoms with Gasteiger partial charge < -0.3 is 10.0 Å². The van der Waals surface area contributed by atoms with E-state index in [4.69, 9.17) is 0 Å². The minimum atomic E-state index is -1.04. The number of imide groups is 1. The van der Waals surface area contributed by atoms with Crippen LogP contribution in [0.1, 0.15) is 151 Å². The van der Waals surface area contributed by atoms with Crippen molar-refractivity contribution in [3.05, 3.63) is 29.3 Å². The number of nitrogens with zero attached hydrogens (tertiary/aromatic N) is 2. The highest BCUT2D eigenvalue weighted by Gasteiger charge is 2.40. The van der Waals surface area contributed by atoms with Crippen molar-refractivity contribution < 1.29 is 24.3 Å². The van der Waals surface area contributed by atoms with Gasteiger partial charge in [0.05, 0.1) is 5.69 Å². The van der Waals surface area contributed by atoms with E-state index in [1.807, 2.05) is 0 Å². The molecule has 2 N–H and O–H groups in total. The number of fused-ring (bicyclic) bond motifs is 1. The predicted octanol–water partition coefficient (Wildman–Crippen LogP) is 7.97. The summed E-state index contributed by atoms with van der Waals surface area (Å²) in [4.78, 5) is 52.0. The first-order valence-corrected chi connectivity index (χ1v) is 16.7. The summed E-state index contributed by atoms with van der Waals surface area (Å²) in [6, 6.07) is 4.40. The van der Waals surface area contributed by atoms with Gasteiger partial charge in [0.2, 0.25) is 11.8 Å². The first-order valence-electron chi connectivity index (χ1n) is 16.7. The molecule has 1 aromatic carbocycles. The summed E-state index contributed by atoms with van der Waals surface area (Å²) in [6.07, 6.45) is 22.5. The summed E-state index contributed by atoms with van der Waals surface area (Å²) in [5.74, 6) is -1.09. The van der Waals surface area contributed by atoms with Crippen LogP contribution in [0.5, 0.6) is 0 Å². The van der Waals surface area contributed by atoms with Crippen LogP contribution in [0.4, 0.5) is 10.5 Å². The van der Waals surface area contributed by atoms with Gasteiger partial charge >= 0.3 is 6.09 Å². The number of carboxylic acid groups (broad SMARTS) is 1. The quantitative estimate of drug-likeness (QED) is 0.113. The van der Waals surface area contributed by atoms with E-state index in [1.54, 1.807) is 18.2 Å². The molecule has 1 saturated heterocycles. The van der Waals surface area contributed by atoms with Crippen LogP contribution < -0.4 is 10.2 Å². The van der Waals surface area contributed by atoms with Crippen LogP contribution in [0.3, 0.4) is 0 Å². The van der Waals surface area contributed by atoms with Gasteiger partial charge in [-0.1, -0.05) is 122 Å². The van der Waals surface area contributed by atoms with Crippen molar-refractivity contribution in [3.63, 3.8) is 0 Å². The molecule has 2 heterocycles. The number of unbranched alkanes of at least 4 members (excludes halogenated alkanes) is 17. The Hall–Kier alpha value is -2.90. The number of anilines is 1. The molecule has 0 aromatic heterocycles. The SMILES string of the molecule is CCCCCCCCCCCCCCCCCCCCN(C(=O)O)c1cccc2c1CN(C1CCC(=O)NC1=O)C2=O. The molecule has 234 valence electrons. The summed E-state index contributed by atoms with van der Waals surface area (Å²) in [5, 5.41) is 12.3. The van der Waals surface area contributed by atoms with Gasteiger partial charge in [0, 0.05) is 30.6 Å². The molecule has 8 nitrogen and oxygen atoms in total. The van der Waals surface area contributed by atoms with Gasteiger partial charge in [0.15, 0.2) is 0 Å². The third-order valence-electron chi connectivity index (χ3n) is 8.81. The van der Waals surface area contributed by atoms with Crippen LogP contribution in [0.25, 0.3) is 0 Å². The summed E-state index contributed by atoms with van der Waals surface area (Å²) in [7, 11) is 0. The van der Waals surface area contributed by atoms with Gasteiger partial charge in [0.1, 0.15) is 6.04 Å². The lowest BCUT2D eigenvalue weighted by Crippen LogP contribution is -2.52. The van der Waals surface area contributed by atoms with E-state index < -0.39 is 18.0 Å². The zero-order valence-corrected chi connectivity index (χ0v) is 25.8. The van der Waals surface area contributed by atoms with Gasteiger partial charge in [0.25, 0.3) is 5.91 Å². The average Bonchev–Trinajstić information content (AvgIpc) is 3.30. The van der Waals surface area contributed by atoms with Crippen molar-refractivity contribution in [2.24, 2.45) is 0 Å². The number of benzene rings is 1. The number of piperidine rings is 1. The van der Waals surface area contributed by atoms with E-state index in [0.717, 1.165) is 19.3 Å². The molecule has 0 saturated carbocycles. The second-order valence-corrected chi connectivity index (χ2v) is 12.1. The standard InChI is InChI=1S/C34H53N3O5/c1-2-3-4-5-6-7-8-9-10-11-12-13-14-15-16-17-18-19-25-36(34(41)42)29-22-20-21-27-28(29)26-37(33(27)40)30-23-24-31(38)35-32(30)39/h20-22,30H,2-19,23-26H2,1H3,(H,41,42)(H,35,38,39). The van der Waals surface area contributed by atoms with Crippen molar-refractivity contribution >= 4 is 29.5 Å². The predicted molar refractivity (Wildman–Crippen MR) is 167 cm³/mol. The van der Waals surface area contributed by atoms with Gasteiger partial charge in [-0.25, -0.2) is 4.79 Å². The first kappa shape index (κ1) is 33.6. The Balaban J connectivity index is 1.29. The Morgan fingerprint density at radius 1 is 0.833 bits per heavy atom. The van der Waals surface area contributed by atoms with E-state index in [9.17, 15) is 24.3 Å². The number of amides is 4. The number of carbonyl (C=O) groups excluding carboxylic acids is 3. The van der Waals surface area contributed by atoms with Crippen molar-refractivity contribution in [3.8, 4) is 0 Å². The summed E-state index contributed by atoms with van der Waals surface area (Å²) < 4.78 is 0. The maximum absolute atomic E-state index is 13.1. The van der Waals surface area contributed by atoms with Gasteiger partial charge in [-0.05, 0) is 25.0 Å². The van der Waals surface area contributed by atoms with Crippen molar-refractivity contribution in [2.75, 3.05) is 11.4 Å². The molecule has 1 aromatic rings. The van der Waals surface area contributed by atoms with Crippen molar-refractivity contribution in [1.29, 1.82) is 0 Å². The molecule has 2 aliphatic heterocycles. The highest BCUT2D eigenvalue weighted by atomic mass is 16.4. The van der Waals surface area contributed by atoms with Crippen molar-refractivity contribution in [2.45, 2.75) is 148 Å². The summed E-state index contributed by atoms with van der Waals surface area (Å²) in [5.41, 5.74) is 1.58. The van der Waals surface area contributed by atoms with Gasteiger partial charge in [-0.2, -0.15) is 0 Å². The largest absolute Gasteiger partial charge is 0.465 e. The van der Waals surface area contributed by atoms with Crippen molar-refractivity contribution in [1.82, 2.24) is 10.2 Å². The second-order valence-electron chi connectivity index (χ2n) is 12.1. The number of hydrogen-bond donors (Lipinski definition) is 2. The molecular formula is C34H53N3O5. The van der Waals surface area contributed by atoms with Crippen LogP contribution >= 0.6 is 0 Å². The van der Waals surface area contributed by atoms with E-state index in [-0.39, 0.29) is 31.2 Å². The zero-order chi connectivity index (χ0) is 30.2. The molecule has 2 aliphatic rings.